The lowest BCUT2D eigenvalue weighted by Crippen LogP contribution is -2.28. The number of nitrogens with one attached hydrogen (secondary N) is 1. The van der Waals surface area contributed by atoms with E-state index in [1.54, 1.807) is 25.0 Å². The number of hydrogen-bond acceptors (Lipinski definition) is 4. The first-order chi connectivity index (χ1) is 6.22. The lowest BCUT2D eigenvalue weighted by atomic mass is 10.4. The van der Waals surface area contributed by atoms with Crippen LogP contribution in [0.25, 0.3) is 0 Å². The lowest BCUT2D eigenvalue weighted by molar-refractivity contribution is 0.236. The first kappa shape index (κ1) is 10.3. The molecule has 4 nitrogen and oxygen atoms in total. The van der Waals surface area contributed by atoms with Crippen LogP contribution >= 0.6 is 23.7 Å². The number of carbonyl (C=O) groups is 1. The molecular weight excluding hydrogens is 206 g/mol. The third-order valence-electron chi connectivity index (χ3n) is 1.48. The zero-order valence-corrected chi connectivity index (χ0v) is 8.91. The Hall–Kier alpha value is -0.800. The molecule has 0 aliphatic carbocycles. The minimum absolute atomic E-state index is 0.0438. The second-order valence-electron chi connectivity index (χ2n) is 2.25. The van der Waals surface area contributed by atoms with Crippen molar-refractivity contribution in [3.63, 3.8) is 0 Å². The van der Waals surface area contributed by atoms with Crippen molar-refractivity contribution in [1.82, 2.24) is 9.62 Å². The second kappa shape index (κ2) is 4.44. The number of amides is 2. The molecule has 0 aromatic rings. The predicted octanol–water partition coefficient (Wildman–Crippen LogP) is 1.39. The summed E-state index contributed by atoms with van der Waals surface area (Å²) >= 11 is 2.89. The molecule has 2 amide bonds. The van der Waals surface area contributed by atoms with Crippen LogP contribution in [0.1, 0.15) is 0 Å². The highest BCUT2D eigenvalue weighted by Crippen LogP contribution is 2.37. The fourth-order valence-corrected chi connectivity index (χ4v) is 2.63. The van der Waals surface area contributed by atoms with Gasteiger partial charge in [0, 0.05) is 13.2 Å². The van der Waals surface area contributed by atoms with Gasteiger partial charge in [-0.3, -0.25) is 0 Å². The number of nitrogens with zero attached hydrogens (tertiary/aromatic N) is 2. The van der Waals surface area contributed by atoms with Gasteiger partial charge in [0.15, 0.2) is 0 Å². The molecule has 0 saturated heterocycles. The molecular formula is C7H9N3OS2. The minimum Gasteiger partial charge on any atom is -0.340 e. The minimum atomic E-state index is -0.200. The first-order valence-electron chi connectivity index (χ1n) is 3.55. The van der Waals surface area contributed by atoms with E-state index in [2.05, 4.69) is 11.4 Å². The number of carbonyl (C=O) groups excluding carboxylic acids is 1. The van der Waals surface area contributed by atoms with E-state index in [0.717, 1.165) is 0 Å². The van der Waals surface area contributed by atoms with Crippen molar-refractivity contribution in [3.8, 4) is 6.07 Å². The van der Waals surface area contributed by atoms with Gasteiger partial charge in [0.1, 0.15) is 4.58 Å². The average Bonchev–Trinajstić information content (AvgIpc) is 2.59. The summed E-state index contributed by atoms with van der Waals surface area (Å²) < 4.78 is 1.49. The van der Waals surface area contributed by atoms with Crippen LogP contribution in [-0.2, 0) is 0 Å². The van der Waals surface area contributed by atoms with Gasteiger partial charge in [0.05, 0.1) is 11.6 Å². The van der Waals surface area contributed by atoms with Gasteiger partial charge >= 0.3 is 6.03 Å². The summed E-state index contributed by atoms with van der Waals surface area (Å²) in [6.07, 6.45) is 3.49. The maximum atomic E-state index is 11.2. The van der Waals surface area contributed by atoms with Crippen LogP contribution < -0.4 is 5.32 Å². The van der Waals surface area contributed by atoms with Crippen molar-refractivity contribution < 1.29 is 4.79 Å². The Kier molecular flexibility index (Phi) is 3.51. The highest BCUT2D eigenvalue weighted by atomic mass is 32.2. The van der Waals surface area contributed by atoms with Gasteiger partial charge in [-0.25, -0.2) is 9.10 Å². The third kappa shape index (κ3) is 2.11. The van der Waals surface area contributed by atoms with Gasteiger partial charge < -0.3 is 5.32 Å². The first-order valence-corrected chi connectivity index (χ1v) is 5.67. The molecule has 70 valence electrons. The molecule has 0 fully saturated rings. The van der Waals surface area contributed by atoms with Crippen molar-refractivity contribution in [3.05, 3.63) is 11.8 Å². The van der Waals surface area contributed by atoms with E-state index in [0.29, 0.717) is 5.57 Å². The maximum absolute atomic E-state index is 11.2. The Morgan fingerprint density at radius 1 is 1.92 bits per heavy atom. The molecule has 1 N–H and O–H groups in total. The highest BCUT2D eigenvalue weighted by Gasteiger charge is 2.28. The van der Waals surface area contributed by atoms with Gasteiger partial charge in [-0.1, -0.05) is 0 Å². The zero-order chi connectivity index (χ0) is 9.84. The second-order valence-corrected chi connectivity index (χ2v) is 4.57. The number of nitriles is 1. The maximum Gasteiger partial charge on any atom is 0.331 e. The van der Waals surface area contributed by atoms with Crippen LogP contribution in [0.15, 0.2) is 11.8 Å². The smallest absolute Gasteiger partial charge is 0.331 e. The molecule has 1 rings (SSSR count). The molecule has 1 aliphatic heterocycles. The highest BCUT2D eigenvalue weighted by molar-refractivity contribution is 8.16. The van der Waals surface area contributed by atoms with Crippen LogP contribution in [0.3, 0.4) is 0 Å². The summed E-state index contributed by atoms with van der Waals surface area (Å²) in [5.41, 5.74) is 0.626. The van der Waals surface area contributed by atoms with Gasteiger partial charge in [-0.2, -0.15) is 5.26 Å². The third-order valence-corrected chi connectivity index (χ3v) is 3.94. The van der Waals surface area contributed by atoms with Gasteiger partial charge in [-0.15, -0.1) is 11.8 Å². The zero-order valence-electron chi connectivity index (χ0n) is 7.27. The predicted molar refractivity (Wildman–Crippen MR) is 54.9 cm³/mol. The molecule has 0 spiro atoms. The summed E-state index contributed by atoms with van der Waals surface area (Å²) in [6.45, 7) is 0. The molecule has 0 aromatic heterocycles. The van der Waals surface area contributed by atoms with E-state index < -0.39 is 0 Å². The Morgan fingerprint density at radius 2 is 2.62 bits per heavy atom. The van der Waals surface area contributed by atoms with Crippen LogP contribution in [0.4, 0.5) is 4.79 Å². The van der Waals surface area contributed by atoms with Crippen LogP contribution in [0.2, 0.25) is 0 Å². The monoisotopic (exact) mass is 215 g/mol. The fraction of sp³-hybridized carbons (Fsp3) is 0.429. The summed E-state index contributed by atoms with van der Waals surface area (Å²) in [4.78, 5) is 11.2. The molecule has 0 aromatic carbocycles. The molecule has 0 radical (unpaired) electrons. The number of rotatable bonds is 1. The van der Waals surface area contributed by atoms with E-state index in [-0.39, 0.29) is 10.6 Å². The Morgan fingerprint density at radius 3 is 3.00 bits per heavy atom. The van der Waals surface area contributed by atoms with E-state index in [1.165, 1.54) is 16.3 Å². The molecule has 0 saturated carbocycles. The molecule has 6 heteroatoms. The van der Waals surface area contributed by atoms with E-state index >= 15 is 0 Å². The quantitative estimate of drug-likeness (QED) is 0.671. The molecule has 13 heavy (non-hydrogen) atoms. The number of hydrogen-bond donors (Lipinski definition) is 1. The summed E-state index contributed by atoms with van der Waals surface area (Å²) in [5, 5.41) is 11.2. The lowest BCUT2D eigenvalue weighted by Gasteiger charge is -2.12. The van der Waals surface area contributed by atoms with Crippen LogP contribution in [0, 0.1) is 11.3 Å². The van der Waals surface area contributed by atoms with Crippen LogP contribution in [-0.4, -0.2) is 28.2 Å². The molecule has 1 unspecified atom stereocenters. The Balaban J connectivity index is 2.73. The average molecular weight is 215 g/mol. The summed E-state index contributed by atoms with van der Waals surface area (Å²) in [7, 11) is 1.56. The topological polar surface area (TPSA) is 56.1 Å². The fourth-order valence-electron chi connectivity index (χ4n) is 0.846. The summed E-state index contributed by atoms with van der Waals surface area (Å²) in [6, 6.07) is 1.87. The number of urea groups is 1. The van der Waals surface area contributed by atoms with Crippen molar-refractivity contribution in [2.24, 2.45) is 0 Å². The van der Waals surface area contributed by atoms with E-state index in [1.807, 2.05) is 6.26 Å². The Bertz CT molecular complexity index is 284. The Labute approximate surface area is 85.5 Å². The molecule has 1 heterocycles. The van der Waals surface area contributed by atoms with Gasteiger partial charge in [0.25, 0.3) is 0 Å². The van der Waals surface area contributed by atoms with E-state index in [4.69, 9.17) is 5.26 Å². The van der Waals surface area contributed by atoms with Crippen molar-refractivity contribution in [2.75, 3.05) is 13.3 Å². The number of thioether (sulfide) groups is 1. The molecule has 0 bridgehead atoms. The van der Waals surface area contributed by atoms with Crippen LogP contribution in [0.5, 0.6) is 0 Å². The molecule has 1 aliphatic rings. The van der Waals surface area contributed by atoms with Gasteiger partial charge in [0.2, 0.25) is 0 Å². The van der Waals surface area contributed by atoms with Crippen molar-refractivity contribution in [1.29, 1.82) is 5.26 Å². The largest absolute Gasteiger partial charge is 0.340 e. The normalized spacial score (nSPS) is 20.8. The SMILES string of the molecule is CNC(=O)N1C=C(C#N)C(SC)S1. The summed E-state index contributed by atoms with van der Waals surface area (Å²) in [5.74, 6) is 0. The molecule has 1 atom stereocenters. The van der Waals surface area contributed by atoms with E-state index in [9.17, 15) is 4.79 Å². The van der Waals surface area contributed by atoms with Crippen molar-refractivity contribution in [2.45, 2.75) is 4.58 Å². The standard InChI is InChI=1S/C7H9N3OS2/c1-9-7(11)10-4-5(3-8)6(12-2)13-10/h4,6H,1-2H3,(H,9,11). The van der Waals surface area contributed by atoms with Gasteiger partial charge in [-0.05, 0) is 18.2 Å². The van der Waals surface area contributed by atoms with Crippen molar-refractivity contribution >= 4 is 29.7 Å².